The molecule has 3 aliphatic rings. The summed E-state index contributed by atoms with van der Waals surface area (Å²) in [7, 11) is -2.05. The van der Waals surface area contributed by atoms with Gasteiger partial charge in [-0.2, -0.15) is 4.57 Å². The smallest absolute Gasteiger partial charge is 0.364 e. The van der Waals surface area contributed by atoms with Crippen LogP contribution >= 0.6 is 0 Å². The molecule has 5 heterocycles. The highest BCUT2D eigenvalue weighted by atomic mass is 28.3. The maximum Gasteiger partial charge on any atom is 0.364 e. The molecule has 7 aromatic carbocycles. The monoisotopic (exact) mass is 876 g/mol. The van der Waals surface area contributed by atoms with Crippen LogP contribution < -0.4 is 14.3 Å². The van der Waals surface area contributed by atoms with Gasteiger partial charge >= 0.3 is 11.5 Å². The summed E-state index contributed by atoms with van der Waals surface area (Å²) in [6, 6.07) is 52.8. The molecular weight excluding hydrogens is 819 g/mol. The molecule has 0 saturated heterocycles. The lowest BCUT2D eigenvalue weighted by atomic mass is 9.85. The SMILES string of the molecule is [2H]C(C)(C)c1cc2[n+](cc1[Si](C)(C)C)C1(c3ccccc3-2)c2ccc3c(oc4c5c(ccc43)CCCC5)c2-c2n(-c3ccc(C(C)(C)C)cc3-c3ccccc3)c3ccc4ccccc4c3[n+]21. The predicted octanol–water partition coefficient (Wildman–Crippen LogP) is 14.0. The number of hydrogen-bond donors (Lipinski definition) is 0. The zero-order valence-electron chi connectivity index (χ0n) is 40.4. The molecule has 0 bridgehead atoms. The first kappa shape index (κ1) is 38.7. The van der Waals surface area contributed by atoms with Crippen LogP contribution in [-0.4, -0.2) is 12.6 Å². The molecule has 3 aromatic heterocycles. The quantitative estimate of drug-likeness (QED) is 0.128. The lowest BCUT2D eigenvalue weighted by Gasteiger charge is -2.25. The van der Waals surface area contributed by atoms with Crippen LogP contribution in [0.5, 0.6) is 0 Å². The molecule has 0 radical (unpaired) electrons. The molecule has 66 heavy (non-hydrogen) atoms. The van der Waals surface area contributed by atoms with Gasteiger partial charge in [0.15, 0.2) is 22.8 Å². The minimum Gasteiger partial charge on any atom is -0.455 e. The van der Waals surface area contributed by atoms with E-state index >= 15 is 0 Å². The molecule has 0 amide bonds. The van der Waals surface area contributed by atoms with Gasteiger partial charge in [0.1, 0.15) is 16.8 Å². The van der Waals surface area contributed by atoms with E-state index in [1.54, 1.807) is 0 Å². The highest BCUT2D eigenvalue weighted by molar-refractivity contribution is 6.89. The molecule has 324 valence electrons. The fourth-order valence-electron chi connectivity index (χ4n) is 12.2. The number of nitrogens with zero attached hydrogens (tertiary/aromatic N) is 3. The number of benzene rings is 7. The van der Waals surface area contributed by atoms with Crippen molar-refractivity contribution in [2.45, 2.75) is 96.9 Å². The highest BCUT2D eigenvalue weighted by Crippen LogP contribution is 2.54. The minimum absolute atomic E-state index is 0.0571. The summed E-state index contributed by atoms with van der Waals surface area (Å²) >= 11 is 0. The van der Waals surface area contributed by atoms with Gasteiger partial charge in [-0.25, -0.2) is 0 Å². The van der Waals surface area contributed by atoms with Gasteiger partial charge in [0.2, 0.25) is 5.69 Å². The predicted molar refractivity (Wildman–Crippen MR) is 275 cm³/mol. The van der Waals surface area contributed by atoms with E-state index in [-0.39, 0.29) is 5.41 Å². The third kappa shape index (κ3) is 5.26. The number of fused-ring (bicyclic) bond motifs is 20. The van der Waals surface area contributed by atoms with Crippen molar-refractivity contribution in [2.75, 3.05) is 0 Å². The summed E-state index contributed by atoms with van der Waals surface area (Å²) in [6.45, 7) is 18.4. The van der Waals surface area contributed by atoms with E-state index in [1.807, 2.05) is 0 Å². The molecule has 10 aromatic rings. The van der Waals surface area contributed by atoms with Gasteiger partial charge in [-0.05, 0) is 125 Å². The molecule has 4 nitrogen and oxygen atoms in total. The summed E-state index contributed by atoms with van der Waals surface area (Å²) in [5.41, 5.74) is 18.0. The Hall–Kier alpha value is -6.56. The first-order chi connectivity index (χ1) is 32.2. The van der Waals surface area contributed by atoms with E-state index in [4.69, 9.17) is 4.42 Å². The van der Waals surface area contributed by atoms with Gasteiger partial charge in [0.05, 0.1) is 24.8 Å². The van der Waals surface area contributed by atoms with Crippen LogP contribution in [-0.2, 0) is 23.9 Å². The largest absolute Gasteiger partial charge is 0.455 e. The van der Waals surface area contributed by atoms with Crippen molar-refractivity contribution in [3.8, 4) is 39.5 Å². The number of pyridine rings is 1. The molecule has 1 unspecified atom stereocenters. The Bertz CT molecular complexity index is 3760. The summed E-state index contributed by atoms with van der Waals surface area (Å²) in [4.78, 5) is 0. The number of furan rings is 1. The average molecular weight is 877 g/mol. The second-order valence-corrected chi connectivity index (χ2v) is 26.6. The van der Waals surface area contributed by atoms with Gasteiger partial charge in [0, 0.05) is 34.3 Å². The molecule has 1 atom stereocenters. The molecule has 0 saturated carbocycles. The zero-order chi connectivity index (χ0) is 45.9. The van der Waals surface area contributed by atoms with Crippen LogP contribution in [0.4, 0.5) is 0 Å². The fraction of sp³-hybridized carbons (Fsp3) is 0.246. The van der Waals surface area contributed by atoms with Crippen molar-refractivity contribution < 1.29 is 14.9 Å². The first-order valence-corrected chi connectivity index (χ1v) is 27.6. The lowest BCUT2D eigenvalue weighted by Crippen LogP contribution is -2.72. The van der Waals surface area contributed by atoms with E-state index in [9.17, 15) is 1.37 Å². The van der Waals surface area contributed by atoms with E-state index in [0.29, 0.717) is 0 Å². The third-order valence-electron chi connectivity index (χ3n) is 15.4. The average Bonchev–Trinajstić information content (AvgIpc) is 4.04. The number of hydrogen-bond acceptors (Lipinski definition) is 1. The molecule has 1 aliphatic carbocycles. The van der Waals surface area contributed by atoms with Crippen LogP contribution in [0.3, 0.4) is 0 Å². The standard InChI is InChI=1S/C61H57N3OSi/c1-37(2)47-35-53-46-24-16-17-25-49(46)61(62(53)36-54(47)66(6,7)8)50-31-30-45-44-29-26-40-21-13-15-23-43(40)57(44)65-58(45)55(50)59-63(52-32-27-39-20-12-14-22-42(39)56(52)64(59)61)51-33-28-41(60(3,4)5)34-48(51)38-18-10-9-11-19-38/h9-12,14,16-20,22,24-37H,13,15,21,23H2,1-8H3/q+2/i37D. The summed E-state index contributed by atoms with van der Waals surface area (Å²) in [6.07, 6.45) is 7.02. The Morgan fingerprint density at radius 1 is 0.712 bits per heavy atom. The molecular formula is C61H57N3OSi+2. The van der Waals surface area contributed by atoms with Gasteiger partial charge in [0.25, 0.3) is 0 Å². The van der Waals surface area contributed by atoms with Crippen LogP contribution in [0.25, 0.3) is 83.2 Å². The summed E-state index contributed by atoms with van der Waals surface area (Å²) in [5, 5.41) is 6.07. The maximum atomic E-state index is 9.62. The number of imidazole rings is 1. The second kappa shape index (κ2) is 13.7. The van der Waals surface area contributed by atoms with Gasteiger partial charge < -0.3 is 4.42 Å². The third-order valence-corrected chi connectivity index (χ3v) is 17.4. The first-order valence-electron chi connectivity index (χ1n) is 24.6. The van der Waals surface area contributed by atoms with Gasteiger partial charge in [-0.1, -0.05) is 133 Å². The highest BCUT2D eigenvalue weighted by Gasteiger charge is 2.67. The summed E-state index contributed by atoms with van der Waals surface area (Å²) in [5.74, 6) is 0.316. The Labute approximate surface area is 390 Å². The topological polar surface area (TPSA) is 25.8 Å². The van der Waals surface area contributed by atoms with Crippen molar-refractivity contribution in [3.05, 3.63) is 179 Å². The van der Waals surface area contributed by atoms with Crippen LogP contribution in [0.15, 0.2) is 150 Å². The molecule has 2 aliphatic heterocycles. The lowest BCUT2D eigenvalue weighted by molar-refractivity contribution is -0.944. The second-order valence-electron chi connectivity index (χ2n) is 21.6. The van der Waals surface area contributed by atoms with Crippen molar-refractivity contribution in [3.63, 3.8) is 0 Å². The molecule has 13 rings (SSSR count). The van der Waals surface area contributed by atoms with Crippen LogP contribution in [0, 0.1) is 0 Å². The zero-order valence-corrected chi connectivity index (χ0v) is 40.4. The molecule has 1 spiro atoms. The van der Waals surface area contributed by atoms with Crippen LogP contribution in [0.1, 0.15) is 88.1 Å². The van der Waals surface area contributed by atoms with Crippen molar-refractivity contribution in [1.29, 1.82) is 0 Å². The Morgan fingerprint density at radius 2 is 1.45 bits per heavy atom. The minimum atomic E-state index is -2.05. The Balaban J connectivity index is 1.29. The van der Waals surface area contributed by atoms with E-state index < -0.39 is 19.6 Å². The number of aryl methyl sites for hydroxylation is 2. The molecule has 0 fully saturated rings. The van der Waals surface area contributed by atoms with Crippen LogP contribution in [0.2, 0.25) is 19.6 Å². The number of aromatic nitrogens is 3. The van der Waals surface area contributed by atoms with Crippen molar-refractivity contribution in [2.24, 2.45) is 0 Å². The number of rotatable bonds is 4. The van der Waals surface area contributed by atoms with Gasteiger partial charge in [-0.3, -0.25) is 0 Å². The van der Waals surface area contributed by atoms with Gasteiger partial charge in [-0.15, -0.1) is 9.13 Å². The fourth-order valence-corrected chi connectivity index (χ4v) is 13.9. The molecule has 5 heteroatoms. The van der Waals surface area contributed by atoms with E-state index in [1.165, 1.54) is 84.2 Å². The van der Waals surface area contributed by atoms with E-state index in [2.05, 4.69) is 214 Å². The van der Waals surface area contributed by atoms with Crippen molar-refractivity contribution in [1.82, 2.24) is 4.57 Å². The normalized spacial score (nSPS) is 16.8. The maximum absolute atomic E-state index is 9.62. The Kier molecular flexibility index (Phi) is 8.05. The van der Waals surface area contributed by atoms with E-state index in [0.717, 1.165) is 63.2 Å². The summed E-state index contributed by atoms with van der Waals surface area (Å²) < 4.78 is 25.1. The van der Waals surface area contributed by atoms with Crippen molar-refractivity contribution >= 4 is 57.0 Å². The molecule has 0 N–H and O–H groups in total. The Morgan fingerprint density at radius 3 is 2.26 bits per heavy atom.